The summed E-state index contributed by atoms with van der Waals surface area (Å²) >= 11 is 0. The third-order valence-corrected chi connectivity index (χ3v) is 6.10. The van der Waals surface area contributed by atoms with Gasteiger partial charge in [-0.15, -0.1) is 0 Å². The van der Waals surface area contributed by atoms with Crippen molar-refractivity contribution in [3.05, 3.63) is 71.8 Å². The summed E-state index contributed by atoms with van der Waals surface area (Å²) < 4.78 is 15.4. The zero-order chi connectivity index (χ0) is 31.3. The highest BCUT2D eigenvalue weighted by Crippen LogP contribution is 2.12. The van der Waals surface area contributed by atoms with Crippen LogP contribution in [0.1, 0.15) is 31.9 Å². The van der Waals surface area contributed by atoms with Crippen LogP contribution in [0.3, 0.4) is 0 Å². The summed E-state index contributed by atoms with van der Waals surface area (Å²) in [6, 6.07) is 16.1. The molecule has 0 saturated heterocycles. The lowest BCUT2D eigenvalue weighted by molar-refractivity contribution is -0.164. The van der Waals surface area contributed by atoms with E-state index in [0.29, 0.717) is 12.0 Å². The fourth-order valence-electron chi connectivity index (χ4n) is 3.83. The van der Waals surface area contributed by atoms with Gasteiger partial charge in [-0.25, -0.2) is 9.59 Å². The lowest BCUT2D eigenvalue weighted by Gasteiger charge is -2.27. The number of benzene rings is 2. The SMILES string of the molecule is CN[C@@H](Cc1ccccc1)C(=O)OC[C@@H](O)[C@@H](O)[C@H](O)[C@H](O)COC(=O)[C@H](Cc1ccccc1)NC(=O)OC(C)(C)C. The zero-order valence-electron chi connectivity index (χ0n) is 24.3. The molecule has 2 rings (SSSR count). The van der Waals surface area contributed by atoms with Gasteiger partial charge in [0.2, 0.25) is 0 Å². The Labute approximate surface area is 245 Å². The van der Waals surface area contributed by atoms with E-state index < -0.39 is 73.3 Å². The first-order valence-corrected chi connectivity index (χ1v) is 13.6. The molecule has 0 fully saturated rings. The Hall–Kier alpha value is -3.55. The van der Waals surface area contributed by atoms with Crippen LogP contribution in [0.2, 0.25) is 0 Å². The fraction of sp³-hybridized carbons (Fsp3) is 0.500. The molecule has 0 aromatic heterocycles. The molecule has 232 valence electrons. The highest BCUT2D eigenvalue weighted by Gasteiger charge is 2.33. The molecule has 0 aliphatic rings. The Kier molecular flexibility index (Phi) is 13.8. The zero-order valence-corrected chi connectivity index (χ0v) is 24.3. The van der Waals surface area contributed by atoms with E-state index in [4.69, 9.17) is 14.2 Å². The van der Waals surface area contributed by atoms with E-state index in [0.717, 1.165) is 5.56 Å². The summed E-state index contributed by atoms with van der Waals surface area (Å²) in [6.07, 6.45) is -7.91. The van der Waals surface area contributed by atoms with Crippen molar-refractivity contribution in [3.63, 3.8) is 0 Å². The maximum atomic E-state index is 12.8. The minimum absolute atomic E-state index is 0.0577. The van der Waals surface area contributed by atoms with Crippen LogP contribution < -0.4 is 10.6 Å². The molecule has 1 amide bonds. The standard InChI is InChI=1S/C30H42N2O10/c1-30(2,3)42-29(39)32-22(16-20-13-9-6-10-14-20)28(38)41-18-24(34)26(36)25(35)23(33)17-40-27(37)21(31-4)15-19-11-7-5-8-12-19/h5-14,21-26,31,33-36H,15-18H2,1-4H3,(H,32,39)/t21-,22-,23+,24+,25+,26+/m0/s1. The van der Waals surface area contributed by atoms with E-state index in [1.54, 1.807) is 58.2 Å². The van der Waals surface area contributed by atoms with Crippen LogP contribution in [-0.4, -0.2) is 101 Å². The quantitative estimate of drug-likeness (QED) is 0.125. The topological polar surface area (TPSA) is 184 Å². The van der Waals surface area contributed by atoms with Crippen molar-refractivity contribution in [2.75, 3.05) is 20.3 Å². The van der Waals surface area contributed by atoms with Gasteiger partial charge in [-0.1, -0.05) is 60.7 Å². The number of alkyl carbamates (subject to hydrolysis) is 1. The van der Waals surface area contributed by atoms with Crippen LogP contribution in [0.15, 0.2) is 60.7 Å². The van der Waals surface area contributed by atoms with Crippen LogP contribution in [-0.2, 0) is 36.6 Å². The molecular weight excluding hydrogens is 548 g/mol. The number of amides is 1. The molecule has 2 aromatic carbocycles. The summed E-state index contributed by atoms with van der Waals surface area (Å²) in [4.78, 5) is 37.6. The number of nitrogens with one attached hydrogen (secondary N) is 2. The van der Waals surface area contributed by atoms with Gasteiger partial charge in [-0.05, 0) is 45.4 Å². The van der Waals surface area contributed by atoms with Crippen molar-refractivity contribution in [1.29, 1.82) is 0 Å². The van der Waals surface area contributed by atoms with Crippen LogP contribution in [0.5, 0.6) is 0 Å². The van der Waals surface area contributed by atoms with E-state index >= 15 is 0 Å². The van der Waals surface area contributed by atoms with Gasteiger partial charge in [-0.3, -0.25) is 4.79 Å². The van der Waals surface area contributed by atoms with E-state index in [9.17, 15) is 34.8 Å². The summed E-state index contributed by atoms with van der Waals surface area (Å²) in [7, 11) is 1.58. The van der Waals surface area contributed by atoms with Crippen LogP contribution in [0.25, 0.3) is 0 Å². The third kappa shape index (κ3) is 12.1. The lowest BCUT2D eigenvalue weighted by atomic mass is 10.0. The minimum atomic E-state index is -1.96. The molecule has 0 aliphatic carbocycles. The van der Waals surface area contributed by atoms with Gasteiger partial charge in [-0.2, -0.15) is 0 Å². The Balaban J connectivity index is 1.90. The van der Waals surface area contributed by atoms with Crippen LogP contribution >= 0.6 is 0 Å². The molecule has 0 radical (unpaired) electrons. The molecule has 0 unspecified atom stereocenters. The van der Waals surface area contributed by atoms with E-state index in [1.165, 1.54) is 0 Å². The van der Waals surface area contributed by atoms with Gasteiger partial charge >= 0.3 is 18.0 Å². The van der Waals surface area contributed by atoms with Crippen molar-refractivity contribution in [1.82, 2.24) is 10.6 Å². The molecular formula is C30H42N2O10. The van der Waals surface area contributed by atoms with Gasteiger partial charge in [0.05, 0.1) is 0 Å². The molecule has 0 saturated carbocycles. The van der Waals surface area contributed by atoms with Gasteiger partial charge in [0.1, 0.15) is 55.3 Å². The first-order chi connectivity index (χ1) is 19.8. The number of esters is 2. The second kappa shape index (κ2) is 16.8. The van der Waals surface area contributed by atoms with Gasteiger partial charge in [0.15, 0.2) is 0 Å². The number of rotatable bonds is 15. The van der Waals surface area contributed by atoms with Crippen LogP contribution in [0, 0.1) is 0 Å². The van der Waals surface area contributed by atoms with E-state index in [1.807, 2.05) is 30.3 Å². The Morgan fingerprint density at radius 2 is 1.12 bits per heavy atom. The average Bonchev–Trinajstić information content (AvgIpc) is 2.95. The van der Waals surface area contributed by atoms with E-state index in [-0.39, 0.29) is 6.42 Å². The predicted octanol–water partition coefficient (Wildman–Crippen LogP) is 0.483. The summed E-state index contributed by atoms with van der Waals surface area (Å²) in [5.41, 5.74) is 0.787. The molecule has 42 heavy (non-hydrogen) atoms. The number of hydrogen-bond donors (Lipinski definition) is 6. The maximum absolute atomic E-state index is 12.8. The smallest absolute Gasteiger partial charge is 0.408 e. The number of hydrogen-bond acceptors (Lipinski definition) is 11. The van der Waals surface area contributed by atoms with Crippen LogP contribution in [0.4, 0.5) is 4.79 Å². The number of carbonyl (C=O) groups excluding carboxylic acids is 3. The summed E-state index contributed by atoms with van der Waals surface area (Å²) in [6.45, 7) is 3.58. The third-order valence-electron chi connectivity index (χ3n) is 6.10. The van der Waals surface area contributed by atoms with Crippen molar-refractivity contribution < 1.29 is 49.0 Å². The monoisotopic (exact) mass is 590 g/mol. The summed E-state index contributed by atoms with van der Waals surface area (Å²) in [5, 5.41) is 46.5. The molecule has 0 bridgehead atoms. The highest BCUT2D eigenvalue weighted by molar-refractivity contribution is 5.81. The second-order valence-electron chi connectivity index (χ2n) is 10.8. The number of aliphatic hydroxyl groups excluding tert-OH is 4. The number of ether oxygens (including phenoxy) is 3. The predicted molar refractivity (Wildman–Crippen MR) is 152 cm³/mol. The normalized spacial score (nSPS) is 15.8. The van der Waals surface area contributed by atoms with Crippen molar-refractivity contribution >= 4 is 18.0 Å². The first-order valence-electron chi connectivity index (χ1n) is 13.6. The molecule has 0 aliphatic heterocycles. The van der Waals surface area contributed by atoms with Crippen molar-refractivity contribution in [3.8, 4) is 0 Å². The Morgan fingerprint density at radius 3 is 1.52 bits per heavy atom. The highest BCUT2D eigenvalue weighted by atomic mass is 16.6. The molecule has 6 N–H and O–H groups in total. The van der Waals surface area contributed by atoms with Gasteiger partial charge < -0.3 is 45.3 Å². The molecule has 2 aromatic rings. The molecule has 12 nitrogen and oxygen atoms in total. The maximum Gasteiger partial charge on any atom is 0.408 e. The number of aliphatic hydroxyl groups is 4. The van der Waals surface area contributed by atoms with Gasteiger partial charge in [0.25, 0.3) is 0 Å². The first kappa shape index (κ1) is 34.7. The largest absolute Gasteiger partial charge is 0.462 e. The van der Waals surface area contributed by atoms with Crippen molar-refractivity contribution in [2.45, 2.75) is 75.7 Å². The Bertz CT molecular complexity index is 1110. The lowest BCUT2D eigenvalue weighted by Crippen LogP contribution is -2.50. The molecule has 12 heteroatoms. The molecule has 0 spiro atoms. The fourth-order valence-corrected chi connectivity index (χ4v) is 3.83. The minimum Gasteiger partial charge on any atom is -0.462 e. The summed E-state index contributed by atoms with van der Waals surface area (Å²) in [5.74, 6) is -1.60. The van der Waals surface area contributed by atoms with Crippen molar-refractivity contribution in [2.24, 2.45) is 0 Å². The molecule has 0 heterocycles. The second-order valence-corrected chi connectivity index (χ2v) is 10.8. The molecule has 6 atom stereocenters. The van der Waals surface area contributed by atoms with E-state index in [2.05, 4.69) is 10.6 Å². The number of likely N-dealkylation sites (N-methyl/N-ethyl adjacent to an activating group) is 1. The van der Waals surface area contributed by atoms with Gasteiger partial charge in [0, 0.05) is 6.42 Å². The Morgan fingerprint density at radius 1 is 0.714 bits per heavy atom. The average molecular weight is 591 g/mol. The number of carbonyl (C=O) groups is 3.